The molecule has 0 spiro atoms. The van der Waals surface area contributed by atoms with E-state index in [-0.39, 0.29) is 6.61 Å². The van der Waals surface area contributed by atoms with Gasteiger partial charge in [0.1, 0.15) is 0 Å². The van der Waals surface area contributed by atoms with E-state index in [0.29, 0.717) is 0 Å². The van der Waals surface area contributed by atoms with Gasteiger partial charge < -0.3 is 9.52 Å². The topological polar surface area (TPSA) is 46.3 Å². The normalized spacial score (nSPS) is 10.6. The van der Waals surface area contributed by atoms with E-state index in [1.165, 1.54) is 0 Å². The number of hydrogen-bond donors (Lipinski definition) is 1. The second-order valence-electron chi connectivity index (χ2n) is 3.61. The van der Waals surface area contributed by atoms with Gasteiger partial charge in [-0.25, -0.2) is 4.98 Å². The van der Waals surface area contributed by atoms with Crippen LogP contribution in [-0.2, 0) is 5.75 Å². The van der Waals surface area contributed by atoms with Gasteiger partial charge in [-0.05, 0) is 12.2 Å². The van der Waals surface area contributed by atoms with Crippen molar-refractivity contribution in [3.05, 3.63) is 42.4 Å². The molecule has 0 saturated heterocycles. The molecule has 2 rings (SSSR count). The predicted octanol–water partition coefficient (Wildman–Crippen LogP) is 2.96. The van der Waals surface area contributed by atoms with E-state index in [4.69, 9.17) is 9.52 Å². The zero-order valence-electron chi connectivity index (χ0n) is 9.50. The molecule has 0 radical (unpaired) electrons. The van der Waals surface area contributed by atoms with E-state index < -0.39 is 0 Å². The van der Waals surface area contributed by atoms with Crippen molar-refractivity contribution in [3.63, 3.8) is 0 Å². The van der Waals surface area contributed by atoms with Crippen LogP contribution in [0.25, 0.3) is 11.3 Å². The summed E-state index contributed by atoms with van der Waals surface area (Å²) >= 11 is 1.72. The van der Waals surface area contributed by atoms with Crippen LogP contribution in [0.1, 0.15) is 12.3 Å². The summed E-state index contributed by atoms with van der Waals surface area (Å²) in [6.45, 7) is 0.244. The molecule has 0 unspecified atom stereocenters. The van der Waals surface area contributed by atoms with Crippen molar-refractivity contribution < 1.29 is 9.52 Å². The predicted molar refractivity (Wildman–Crippen MR) is 69.8 cm³/mol. The largest absolute Gasteiger partial charge is 0.440 e. The third-order valence-electron chi connectivity index (χ3n) is 2.28. The molecule has 0 amide bonds. The van der Waals surface area contributed by atoms with E-state index in [1.807, 2.05) is 30.3 Å². The van der Waals surface area contributed by atoms with Gasteiger partial charge in [-0.15, -0.1) is 0 Å². The molecule has 4 heteroatoms. The smallest absolute Gasteiger partial charge is 0.204 e. The molecule has 90 valence electrons. The van der Waals surface area contributed by atoms with E-state index >= 15 is 0 Å². The Morgan fingerprint density at radius 3 is 2.82 bits per heavy atom. The van der Waals surface area contributed by atoms with Gasteiger partial charge in [0.15, 0.2) is 5.76 Å². The van der Waals surface area contributed by atoms with Gasteiger partial charge in [0.25, 0.3) is 0 Å². The third-order valence-corrected chi connectivity index (χ3v) is 3.31. The van der Waals surface area contributed by atoms with Gasteiger partial charge in [0.05, 0.1) is 11.9 Å². The molecule has 0 aliphatic carbocycles. The van der Waals surface area contributed by atoms with Crippen molar-refractivity contribution in [2.75, 3.05) is 12.4 Å². The highest BCUT2D eigenvalue weighted by atomic mass is 32.2. The first-order valence-corrected chi connectivity index (χ1v) is 6.74. The number of aromatic nitrogens is 1. The number of rotatable bonds is 6. The van der Waals surface area contributed by atoms with E-state index in [2.05, 4.69) is 4.98 Å². The van der Waals surface area contributed by atoms with Gasteiger partial charge in [-0.1, -0.05) is 30.3 Å². The van der Waals surface area contributed by atoms with Crippen LogP contribution < -0.4 is 0 Å². The molecular formula is C13H15NO2S. The summed E-state index contributed by atoms with van der Waals surface area (Å²) in [6, 6.07) is 9.94. The fraction of sp³-hybridized carbons (Fsp3) is 0.308. The second kappa shape index (κ2) is 6.47. The van der Waals surface area contributed by atoms with Crippen LogP contribution in [0, 0.1) is 0 Å². The van der Waals surface area contributed by atoms with Crippen LogP contribution in [0.2, 0.25) is 0 Å². The summed E-state index contributed by atoms with van der Waals surface area (Å²) in [5, 5.41) is 8.66. The highest BCUT2D eigenvalue weighted by molar-refractivity contribution is 7.98. The van der Waals surface area contributed by atoms with Crippen LogP contribution >= 0.6 is 11.8 Å². The zero-order chi connectivity index (χ0) is 11.9. The summed E-state index contributed by atoms with van der Waals surface area (Å²) in [5.41, 5.74) is 1.05. The van der Waals surface area contributed by atoms with Crippen molar-refractivity contribution >= 4 is 11.8 Å². The van der Waals surface area contributed by atoms with Crippen LogP contribution in [0.15, 0.2) is 40.9 Å². The lowest BCUT2D eigenvalue weighted by atomic mass is 10.2. The number of hydrogen-bond acceptors (Lipinski definition) is 4. The minimum absolute atomic E-state index is 0.244. The molecular weight excluding hydrogens is 234 g/mol. The number of oxazole rings is 1. The lowest BCUT2D eigenvalue weighted by Gasteiger charge is -1.96. The fourth-order valence-corrected chi connectivity index (χ4v) is 2.22. The van der Waals surface area contributed by atoms with E-state index in [1.54, 1.807) is 18.0 Å². The molecule has 0 bridgehead atoms. The quantitative estimate of drug-likeness (QED) is 0.799. The van der Waals surface area contributed by atoms with Gasteiger partial charge in [-0.2, -0.15) is 11.8 Å². The lowest BCUT2D eigenvalue weighted by molar-refractivity contribution is 0.296. The van der Waals surface area contributed by atoms with Crippen molar-refractivity contribution in [1.29, 1.82) is 0 Å². The van der Waals surface area contributed by atoms with Crippen molar-refractivity contribution in [2.45, 2.75) is 12.2 Å². The first-order chi connectivity index (χ1) is 8.40. The molecule has 0 saturated carbocycles. The summed E-state index contributed by atoms with van der Waals surface area (Å²) in [5.74, 6) is 3.24. The number of thioether (sulfide) groups is 1. The number of benzene rings is 1. The van der Waals surface area contributed by atoms with Crippen LogP contribution in [0.4, 0.5) is 0 Å². The third kappa shape index (κ3) is 3.61. The first-order valence-electron chi connectivity index (χ1n) is 5.59. The lowest BCUT2D eigenvalue weighted by Crippen LogP contribution is -1.87. The molecule has 1 heterocycles. The average Bonchev–Trinajstić information content (AvgIpc) is 2.85. The Hall–Kier alpha value is -1.26. The monoisotopic (exact) mass is 249 g/mol. The summed E-state index contributed by atoms with van der Waals surface area (Å²) in [7, 11) is 0. The van der Waals surface area contributed by atoms with Gasteiger partial charge in [0.2, 0.25) is 5.89 Å². The fourth-order valence-electron chi connectivity index (χ4n) is 1.44. The minimum atomic E-state index is 0.244. The van der Waals surface area contributed by atoms with Crippen LogP contribution in [-0.4, -0.2) is 22.5 Å². The van der Waals surface area contributed by atoms with Crippen molar-refractivity contribution in [1.82, 2.24) is 4.98 Å². The Balaban J connectivity index is 1.92. The number of aliphatic hydroxyl groups is 1. The minimum Gasteiger partial charge on any atom is -0.440 e. The maximum absolute atomic E-state index is 8.66. The number of nitrogens with zero attached hydrogens (tertiary/aromatic N) is 1. The van der Waals surface area contributed by atoms with Crippen LogP contribution in [0.3, 0.4) is 0 Å². The molecule has 17 heavy (non-hydrogen) atoms. The highest BCUT2D eigenvalue weighted by Crippen LogP contribution is 2.21. The number of aliphatic hydroxyl groups excluding tert-OH is 1. The van der Waals surface area contributed by atoms with Gasteiger partial charge in [-0.3, -0.25) is 0 Å². The molecule has 0 aliphatic heterocycles. The zero-order valence-corrected chi connectivity index (χ0v) is 10.3. The second-order valence-corrected chi connectivity index (χ2v) is 4.72. The summed E-state index contributed by atoms with van der Waals surface area (Å²) < 4.78 is 5.66. The standard InChI is InChI=1S/C13H15NO2S/c15-7-4-8-17-10-13-14-9-12(16-13)11-5-2-1-3-6-11/h1-3,5-6,9,15H,4,7-8,10H2. The van der Waals surface area contributed by atoms with Crippen LogP contribution in [0.5, 0.6) is 0 Å². The summed E-state index contributed by atoms with van der Waals surface area (Å²) in [4.78, 5) is 4.24. The highest BCUT2D eigenvalue weighted by Gasteiger charge is 2.05. The average molecular weight is 249 g/mol. The Morgan fingerprint density at radius 2 is 2.06 bits per heavy atom. The van der Waals surface area contributed by atoms with E-state index in [0.717, 1.165) is 35.1 Å². The Bertz CT molecular complexity index is 442. The maximum Gasteiger partial charge on any atom is 0.204 e. The summed E-state index contributed by atoms with van der Waals surface area (Å²) in [6.07, 6.45) is 2.58. The maximum atomic E-state index is 8.66. The molecule has 0 fully saturated rings. The molecule has 1 aromatic carbocycles. The van der Waals surface area contributed by atoms with Crippen molar-refractivity contribution in [2.24, 2.45) is 0 Å². The Morgan fingerprint density at radius 1 is 1.24 bits per heavy atom. The molecule has 3 nitrogen and oxygen atoms in total. The molecule has 1 N–H and O–H groups in total. The Labute approximate surface area is 105 Å². The molecule has 0 aliphatic rings. The molecule has 0 atom stereocenters. The Kier molecular flexibility index (Phi) is 4.64. The molecule has 1 aromatic heterocycles. The SMILES string of the molecule is OCCCSCc1ncc(-c2ccccc2)o1. The van der Waals surface area contributed by atoms with Gasteiger partial charge in [0, 0.05) is 12.2 Å². The first kappa shape index (κ1) is 12.2. The van der Waals surface area contributed by atoms with Crippen molar-refractivity contribution in [3.8, 4) is 11.3 Å². The molecule has 2 aromatic rings. The van der Waals surface area contributed by atoms with E-state index in [9.17, 15) is 0 Å². The van der Waals surface area contributed by atoms with Gasteiger partial charge >= 0.3 is 0 Å².